The van der Waals surface area contributed by atoms with Crippen LogP contribution < -0.4 is 0 Å². The van der Waals surface area contributed by atoms with E-state index in [1.54, 1.807) is 0 Å². The van der Waals surface area contributed by atoms with Crippen LogP contribution in [0, 0.1) is 11.8 Å². The van der Waals surface area contributed by atoms with Crippen LogP contribution in [-0.2, 0) is 4.79 Å². The minimum atomic E-state index is -0.830. The second-order valence-corrected chi connectivity index (χ2v) is 3.35. The minimum absolute atomic E-state index is 0.229. The fraction of sp³-hybridized carbons (Fsp3) is 0.667. The van der Waals surface area contributed by atoms with E-state index in [0.29, 0.717) is 11.5 Å². The fourth-order valence-electron chi connectivity index (χ4n) is 1.82. The van der Waals surface area contributed by atoms with E-state index in [-0.39, 0.29) is 5.92 Å². The van der Waals surface area contributed by atoms with Gasteiger partial charge in [0.1, 0.15) is 0 Å². The molecule has 0 amide bonds. The molecule has 0 bridgehead atoms. The van der Waals surface area contributed by atoms with E-state index in [1.165, 1.54) is 0 Å². The highest BCUT2D eigenvalue weighted by Crippen LogP contribution is 2.35. The summed E-state index contributed by atoms with van der Waals surface area (Å²) >= 11 is 0. The van der Waals surface area contributed by atoms with Gasteiger partial charge in [-0.15, -0.1) is 0 Å². The zero-order valence-electron chi connectivity index (χ0n) is 6.84. The molecule has 1 N–H and O–H groups in total. The predicted octanol–water partition coefficient (Wildman–Crippen LogP) is 2.06. The molecule has 0 aliphatic heterocycles. The quantitative estimate of drug-likeness (QED) is 0.618. The highest BCUT2D eigenvalue weighted by Gasteiger charge is 2.28. The van der Waals surface area contributed by atoms with Gasteiger partial charge in [0.2, 0.25) is 0 Å². The Morgan fingerprint density at radius 2 is 2.18 bits per heavy atom. The predicted molar refractivity (Wildman–Crippen MR) is 43.3 cm³/mol. The highest BCUT2D eigenvalue weighted by atomic mass is 16.4. The summed E-state index contributed by atoms with van der Waals surface area (Å²) in [5.41, 5.74) is 0.398. The van der Waals surface area contributed by atoms with Crippen molar-refractivity contribution in [2.75, 3.05) is 0 Å². The number of carboxylic acid groups (broad SMARTS) is 1. The molecule has 1 rings (SSSR count). The van der Waals surface area contributed by atoms with Crippen LogP contribution in [0.3, 0.4) is 0 Å². The second kappa shape index (κ2) is 3.07. The van der Waals surface area contributed by atoms with Crippen molar-refractivity contribution in [3.63, 3.8) is 0 Å². The number of hydrogen-bond acceptors (Lipinski definition) is 1. The van der Waals surface area contributed by atoms with Crippen molar-refractivity contribution in [2.45, 2.75) is 26.2 Å². The van der Waals surface area contributed by atoms with Crippen molar-refractivity contribution >= 4 is 5.97 Å². The molecule has 2 unspecified atom stereocenters. The van der Waals surface area contributed by atoms with Gasteiger partial charge in [-0.3, -0.25) is 0 Å². The molecular formula is C9H14O2. The molecule has 11 heavy (non-hydrogen) atoms. The van der Waals surface area contributed by atoms with Crippen LogP contribution in [0.5, 0.6) is 0 Å². The normalized spacial score (nSPS) is 30.3. The molecule has 1 fully saturated rings. The monoisotopic (exact) mass is 154 g/mol. The van der Waals surface area contributed by atoms with Crippen LogP contribution in [0.4, 0.5) is 0 Å². The number of rotatable bonds is 2. The molecule has 0 radical (unpaired) electrons. The molecule has 0 heterocycles. The van der Waals surface area contributed by atoms with E-state index in [2.05, 4.69) is 13.5 Å². The average Bonchev–Trinajstić information content (AvgIpc) is 2.33. The Labute approximate surface area is 66.9 Å². The SMILES string of the molecule is C=C(C(=O)O)C1CCCC1C. The molecule has 2 nitrogen and oxygen atoms in total. The number of aliphatic carboxylic acids is 1. The van der Waals surface area contributed by atoms with E-state index in [9.17, 15) is 4.79 Å². The van der Waals surface area contributed by atoms with Gasteiger partial charge in [0.25, 0.3) is 0 Å². The summed E-state index contributed by atoms with van der Waals surface area (Å²) in [6.45, 7) is 5.69. The van der Waals surface area contributed by atoms with Crippen molar-refractivity contribution in [1.29, 1.82) is 0 Å². The van der Waals surface area contributed by atoms with Gasteiger partial charge in [0.05, 0.1) is 0 Å². The van der Waals surface area contributed by atoms with Crippen molar-refractivity contribution in [3.8, 4) is 0 Å². The fourth-order valence-corrected chi connectivity index (χ4v) is 1.82. The Hall–Kier alpha value is -0.790. The lowest BCUT2D eigenvalue weighted by Crippen LogP contribution is -2.13. The lowest BCUT2D eigenvalue weighted by molar-refractivity contribution is -0.133. The van der Waals surface area contributed by atoms with Crippen LogP contribution >= 0.6 is 0 Å². The summed E-state index contributed by atoms with van der Waals surface area (Å²) in [5.74, 6) is -0.0881. The largest absolute Gasteiger partial charge is 0.478 e. The third-order valence-corrected chi connectivity index (χ3v) is 2.58. The van der Waals surface area contributed by atoms with Gasteiger partial charge < -0.3 is 5.11 Å². The van der Waals surface area contributed by atoms with Crippen LogP contribution in [0.2, 0.25) is 0 Å². The maximum atomic E-state index is 10.5. The first-order valence-electron chi connectivity index (χ1n) is 4.05. The van der Waals surface area contributed by atoms with Gasteiger partial charge in [0.15, 0.2) is 0 Å². The summed E-state index contributed by atoms with van der Waals surface area (Å²) in [5, 5.41) is 8.66. The molecule has 0 aromatic rings. The van der Waals surface area contributed by atoms with Gasteiger partial charge in [-0.1, -0.05) is 26.3 Å². The van der Waals surface area contributed by atoms with Crippen LogP contribution in [-0.4, -0.2) is 11.1 Å². The van der Waals surface area contributed by atoms with Crippen LogP contribution in [0.15, 0.2) is 12.2 Å². The Kier molecular flexibility index (Phi) is 2.32. The molecule has 0 aromatic carbocycles. The molecule has 0 saturated heterocycles. The van der Waals surface area contributed by atoms with Gasteiger partial charge in [-0.25, -0.2) is 4.79 Å². The number of carboxylic acids is 1. The molecule has 1 aliphatic rings. The van der Waals surface area contributed by atoms with Crippen molar-refractivity contribution < 1.29 is 9.90 Å². The standard InChI is InChI=1S/C9H14O2/c1-6-4-3-5-8(6)7(2)9(10)11/h6,8H,2-5H2,1H3,(H,10,11). The average molecular weight is 154 g/mol. The Morgan fingerprint density at radius 3 is 2.55 bits per heavy atom. The maximum absolute atomic E-state index is 10.5. The van der Waals surface area contributed by atoms with Crippen LogP contribution in [0.1, 0.15) is 26.2 Å². The van der Waals surface area contributed by atoms with Crippen molar-refractivity contribution in [1.82, 2.24) is 0 Å². The first kappa shape index (κ1) is 8.31. The Balaban J connectivity index is 2.60. The van der Waals surface area contributed by atoms with Crippen molar-refractivity contribution in [2.24, 2.45) is 11.8 Å². The third kappa shape index (κ3) is 1.62. The lowest BCUT2D eigenvalue weighted by Gasteiger charge is -2.14. The minimum Gasteiger partial charge on any atom is -0.478 e. The summed E-state index contributed by atoms with van der Waals surface area (Å²) in [7, 11) is 0. The van der Waals surface area contributed by atoms with E-state index < -0.39 is 5.97 Å². The number of carbonyl (C=O) groups is 1. The molecular weight excluding hydrogens is 140 g/mol. The molecule has 62 valence electrons. The number of hydrogen-bond donors (Lipinski definition) is 1. The molecule has 1 saturated carbocycles. The molecule has 2 heteroatoms. The summed E-state index contributed by atoms with van der Waals surface area (Å²) in [4.78, 5) is 10.5. The highest BCUT2D eigenvalue weighted by molar-refractivity contribution is 5.86. The van der Waals surface area contributed by atoms with Gasteiger partial charge >= 0.3 is 5.97 Å². The molecule has 0 aromatic heterocycles. The first-order chi connectivity index (χ1) is 5.13. The van der Waals surface area contributed by atoms with E-state index in [4.69, 9.17) is 5.11 Å². The Morgan fingerprint density at radius 1 is 1.55 bits per heavy atom. The third-order valence-electron chi connectivity index (χ3n) is 2.58. The van der Waals surface area contributed by atoms with E-state index in [1.807, 2.05) is 0 Å². The lowest BCUT2D eigenvalue weighted by atomic mass is 9.91. The smallest absolute Gasteiger partial charge is 0.331 e. The topological polar surface area (TPSA) is 37.3 Å². The van der Waals surface area contributed by atoms with E-state index in [0.717, 1.165) is 19.3 Å². The molecule has 0 spiro atoms. The zero-order chi connectivity index (χ0) is 8.43. The van der Waals surface area contributed by atoms with Crippen LogP contribution in [0.25, 0.3) is 0 Å². The summed E-state index contributed by atoms with van der Waals surface area (Å²) in [6, 6.07) is 0. The van der Waals surface area contributed by atoms with Gasteiger partial charge in [-0.05, 0) is 18.3 Å². The second-order valence-electron chi connectivity index (χ2n) is 3.35. The molecule has 1 aliphatic carbocycles. The molecule has 2 atom stereocenters. The Bertz CT molecular complexity index is 184. The summed E-state index contributed by atoms with van der Waals surface area (Å²) < 4.78 is 0. The van der Waals surface area contributed by atoms with E-state index >= 15 is 0 Å². The maximum Gasteiger partial charge on any atom is 0.331 e. The van der Waals surface area contributed by atoms with Crippen molar-refractivity contribution in [3.05, 3.63) is 12.2 Å². The summed E-state index contributed by atoms with van der Waals surface area (Å²) in [6.07, 6.45) is 3.31. The van der Waals surface area contributed by atoms with Gasteiger partial charge in [-0.2, -0.15) is 0 Å². The zero-order valence-corrected chi connectivity index (χ0v) is 6.84. The van der Waals surface area contributed by atoms with Gasteiger partial charge in [0, 0.05) is 5.57 Å². The first-order valence-corrected chi connectivity index (χ1v) is 4.05.